The SMILES string of the molecule is c1ccc(-c2nc(N3CCN(c4ncnc5ccsc45)CC3)no2)cc1. The van der Waals surface area contributed by atoms with Crippen LogP contribution in [0.4, 0.5) is 11.8 Å². The highest BCUT2D eigenvalue weighted by Gasteiger charge is 2.23. The molecule has 0 saturated carbocycles. The van der Waals surface area contributed by atoms with Crippen LogP contribution in [0.1, 0.15) is 0 Å². The normalized spacial score (nSPS) is 14.9. The molecule has 1 aliphatic rings. The number of thiophene rings is 1. The number of hydrogen-bond acceptors (Lipinski definition) is 8. The summed E-state index contributed by atoms with van der Waals surface area (Å²) >= 11 is 1.69. The van der Waals surface area contributed by atoms with Gasteiger partial charge in [0, 0.05) is 31.7 Å². The molecule has 26 heavy (non-hydrogen) atoms. The smallest absolute Gasteiger partial charge is 0.266 e. The van der Waals surface area contributed by atoms with Crippen LogP contribution in [0.5, 0.6) is 0 Å². The van der Waals surface area contributed by atoms with Crippen LogP contribution in [-0.4, -0.2) is 46.3 Å². The van der Waals surface area contributed by atoms with Gasteiger partial charge in [0.15, 0.2) is 0 Å². The monoisotopic (exact) mass is 364 g/mol. The van der Waals surface area contributed by atoms with Crippen molar-refractivity contribution in [2.45, 2.75) is 0 Å². The predicted octanol–water partition coefficient (Wildman–Crippen LogP) is 3.07. The lowest BCUT2D eigenvalue weighted by Crippen LogP contribution is -2.47. The van der Waals surface area contributed by atoms with Crippen molar-refractivity contribution in [1.29, 1.82) is 0 Å². The van der Waals surface area contributed by atoms with Crippen molar-refractivity contribution in [3.05, 3.63) is 48.1 Å². The summed E-state index contributed by atoms with van der Waals surface area (Å²) in [5, 5.41) is 6.21. The van der Waals surface area contributed by atoms with Crippen molar-refractivity contribution in [2.24, 2.45) is 0 Å². The summed E-state index contributed by atoms with van der Waals surface area (Å²) in [7, 11) is 0. The molecule has 0 N–H and O–H groups in total. The first-order valence-electron chi connectivity index (χ1n) is 8.46. The summed E-state index contributed by atoms with van der Waals surface area (Å²) in [5.41, 5.74) is 1.94. The molecule has 1 fully saturated rings. The number of anilines is 2. The van der Waals surface area contributed by atoms with E-state index in [4.69, 9.17) is 4.52 Å². The maximum Gasteiger partial charge on any atom is 0.266 e. The Kier molecular flexibility index (Phi) is 3.75. The van der Waals surface area contributed by atoms with Crippen LogP contribution < -0.4 is 9.80 Å². The quantitative estimate of drug-likeness (QED) is 0.553. The summed E-state index contributed by atoms with van der Waals surface area (Å²) in [5.74, 6) is 2.22. The highest BCUT2D eigenvalue weighted by molar-refractivity contribution is 7.17. The standard InChI is InChI=1S/C18H16N6OS/c1-2-4-13(5-3-1)17-21-18(22-25-17)24-9-7-23(8-10-24)16-15-14(6-11-26-15)19-12-20-16/h1-6,11-12H,7-10H2. The molecular weight excluding hydrogens is 348 g/mol. The Morgan fingerprint density at radius 1 is 0.923 bits per heavy atom. The van der Waals surface area contributed by atoms with Gasteiger partial charge in [0.2, 0.25) is 0 Å². The van der Waals surface area contributed by atoms with Crippen LogP contribution in [0.15, 0.2) is 52.6 Å². The second-order valence-electron chi connectivity index (χ2n) is 6.07. The van der Waals surface area contributed by atoms with E-state index in [2.05, 4.69) is 35.3 Å². The minimum absolute atomic E-state index is 0.555. The van der Waals surface area contributed by atoms with Gasteiger partial charge in [-0.15, -0.1) is 11.3 Å². The summed E-state index contributed by atoms with van der Waals surface area (Å²) < 4.78 is 6.57. The molecule has 3 aromatic heterocycles. The van der Waals surface area contributed by atoms with Gasteiger partial charge < -0.3 is 14.3 Å². The summed E-state index contributed by atoms with van der Waals surface area (Å²) in [6, 6.07) is 11.9. The van der Waals surface area contributed by atoms with Crippen molar-refractivity contribution < 1.29 is 4.52 Å². The highest BCUT2D eigenvalue weighted by atomic mass is 32.1. The molecule has 130 valence electrons. The summed E-state index contributed by atoms with van der Waals surface area (Å²) in [6.07, 6.45) is 1.64. The number of aromatic nitrogens is 4. The van der Waals surface area contributed by atoms with Crippen molar-refractivity contribution in [3.8, 4) is 11.5 Å². The maximum atomic E-state index is 5.43. The van der Waals surface area contributed by atoms with Crippen LogP contribution in [0.3, 0.4) is 0 Å². The summed E-state index contributed by atoms with van der Waals surface area (Å²) in [4.78, 5) is 17.8. The molecule has 4 heterocycles. The third-order valence-electron chi connectivity index (χ3n) is 4.52. The van der Waals surface area contributed by atoms with Gasteiger partial charge in [-0.25, -0.2) is 9.97 Å². The zero-order chi connectivity index (χ0) is 17.3. The van der Waals surface area contributed by atoms with Gasteiger partial charge in [-0.2, -0.15) is 4.98 Å². The van der Waals surface area contributed by atoms with Crippen LogP contribution in [0.25, 0.3) is 21.7 Å². The molecule has 8 heteroatoms. The van der Waals surface area contributed by atoms with Crippen LogP contribution in [0.2, 0.25) is 0 Å². The Balaban J connectivity index is 1.32. The molecule has 5 rings (SSSR count). The fraction of sp³-hybridized carbons (Fsp3) is 0.222. The maximum absolute atomic E-state index is 5.43. The van der Waals surface area contributed by atoms with Gasteiger partial charge in [0.1, 0.15) is 12.1 Å². The van der Waals surface area contributed by atoms with Crippen LogP contribution in [-0.2, 0) is 0 Å². The molecule has 7 nitrogen and oxygen atoms in total. The molecule has 4 aromatic rings. The van der Waals surface area contributed by atoms with E-state index in [1.165, 1.54) is 0 Å². The van der Waals surface area contributed by atoms with Gasteiger partial charge in [0.25, 0.3) is 11.8 Å². The van der Waals surface area contributed by atoms with Gasteiger partial charge in [-0.1, -0.05) is 18.2 Å². The van der Waals surface area contributed by atoms with Crippen molar-refractivity contribution in [2.75, 3.05) is 36.0 Å². The number of benzene rings is 1. The lowest BCUT2D eigenvalue weighted by molar-refractivity contribution is 0.428. The molecule has 0 aliphatic carbocycles. The molecule has 0 bridgehead atoms. The number of piperazine rings is 1. The Bertz CT molecular complexity index is 1020. The van der Waals surface area contributed by atoms with E-state index in [0.29, 0.717) is 11.8 Å². The van der Waals surface area contributed by atoms with Crippen LogP contribution in [0, 0.1) is 0 Å². The van der Waals surface area contributed by atoms with E-state index in [1.54, 1.807) is 17.7 Å². The molecule has 0 spiro atoms. The lowest BCUT2D eigenvalue weighted by atomic mass is 10.2. The number of hydrogen-bond donors (Lipinski definition) is 0. The lowest BCUT2D eigenvalue weighted by Gasteiger charge is -2.34. The molecule has 1 aromatic carbocycles. The largest absolute Gasteiger partial charge is 0.352 e. The summed E-state index contributed by atoms with van der Waals surface area (Å²) in [6.45, 7) is 3.37. The molecule has 0 unspecified atom stereocenters. The molecule has 1 saturated heterocycles. The van der Waals surface area contributed by atoms with E-state index in [1.807, 2.05) is 36.4 Å². The second kappa shape index (κ2) is 6.38. The van der Waals surface area contributed by atoms with E-state index >= 15 is 0 Å². The topological polar surface area (TPSA) is 71.2 Å². The average Bonchev–Trinajstić information content (AvgIpc) is 3.38. The van der Waals surface area contributed by atoms with Gasteiger partial charge in [-0.05, 0) is 28.7 Å². The van der Waals surface area contributed by atoms with Crippen molar-refractivity contribution >= 4 is 33.3 Å². The van der Waals surface area contributed by atoms with Crippen LogP contribution >= 0.6 is 11.3 Å². The minimum atomic E-state index is 0.555. The van der Waals surface area contributed by atoms with Gasteiger partial charge in [0.05, 0.1) is 10.2 Å². The molecule has 0 atom stereocenters. The Labute approximate surface area is 153 Å². The van der Waals surface area contributed by atoms with E-state index in [-0.39, 0.29) is 0 Å². The van der Waals surface area contributed by atoms with Gasteiger partial charge >= 0.3 is 0 Å². The van der Waals surface area contributed by atoms with Crippen molar-refractivity contribution in [3.63, 3.8) is 0 Å². The minimum Gasteiger partial charge on any atom is -0.352 e. The van der Waals surface area contributed by atoms with Gasteiger partial charge in [-0.3, -0.25) is 0 Å². The Morgan fingerprint density at radius 3 is 2.58 bits per heavy atom. The average molecular weight is 364 g/mol. The number of rotatable bonds is 3. The first-order chi connectivity index (χ1) is 12.9. The molecular formula is C18H16N6OS. The van der Waals surface area contributed by atoms with E-state index in [0.717, 1.165) is 47.8 Å². The fourth-order valence-corrected chi connectivity index (χ4v) is 4.02. The third kappa shape index (κ3) is 2.68. The number of fused-ring (bicyclic) bond motifs is 1. The molecule has 0 radical (unpaired) electrons. The number of nitrogens with zero attached hydrogens (tertiary/aromatic N) is 6. The van der Waals surface area contributed by atoms with E-state index in [9.17, 15) is 0 Å². The fourth-order valence-electron chi connectivity index (χ4n) is 3.16. The Hall–Kier alpha value is -3.00. The highest BCUT2D eigenvalue weighted by Crippen LogP contribution is 2.29. The first kappa shape index (κ1) is 15.3. The zero-order valence-electron chi connectivity index (χ0n) is 13.9. The van der Waals surface area contributed by atoms with Crippen molar-refractivity contribution in [1.82, 2.24) is 20.1 Å². The molecule has 0 amide bonds. The third-order valence-corrected chi connectivity index (χ3v) is 5.42. The second-order valence-corrected chi connectivity index (χ2v) is 6.99. The predicted molar refractivity (Wildman–Crippen MR) is 102 cm³/mol. The first-order valence-corrected chi connectivity index (χ1v) is 9.34. The zero-order valence-corrected chi connectivity index (χ0v) is 14.8. The van der Waals surface area contributed by atoms with E-state index < -0.39 is 0 Å². The molecule has 1 aliphatic heterocycles. The Morgan fingerprint density at radius 2 is 1.73 bits per heavy atom.